The van der Waals surface area contributed by atoms with Gasteiger partial charge in [0, 0.05) is 6.20 Å². The van der Waals surface area contributed by atoms with Crippen LogP contribution in [0.25, 0.3) is 11.0 Å². The summed E-state index contributed by atoms with van der Waals surface area (Å²) in [5, 5.41) is 9.32. The van der Waals surface area contributed by atoms with E-state index < -0.39 is 0 Å². The number of nitrogens with zero attached hydrogens (tertiary/aromatic N) is 3. The van der Waals surface area contributed by atoms with Gasteiger partial charge in [0.15, 0.2) is 0 Å². The second-order valence-corrected chi connectivity index (χ2v) is 2.34. The van der Waals surface area contributed by atoms with Gasteiger partial charge in [-0.3, -0.25) is 4.98 Å². The maximum Gasteiger partial charge on any atom is 0.142 e. The van der Waals surface area contributed by atoms with Gasteiger partial charge in [0.1, 0.15) is 16.9 Å². The van der Waals surface area contributed by atoms with Crippen molar-refractivity contribution in [3.63, 3.8) is 0 Å². The third kappa shape index (κ3) is 0.756. The lowest BCUT2D eigenvalue weighted by Gasteiger charge is -1.91. The molecule has 0 saturated carbocycles. The third-order valence-electron chi connectivity index (χ3n) is 1.59. The van der Waals surface area contributed by atoms with Crippen molar-refractivity contribution in [2.24, 2.45) is 0 Å². The molecule has 0 amide bonds. The lowest BCUT2D eigenvalue weighted by atomic mass is 10.4. The summed E-state index contributed by atoms with van der Waals surface area (Å²) in [7, 11) is 0. The fraction of sp³-hybridized carbons (Fsp3) is 0.143. The van der Waals surface area contributed by atoms with E-state index in [1.807, 2.05) is 0 Å². The van der Waals surface area contributed by atoms with Gasteiger partial charge in [-0.15, -0.1) is 0 Å². The van der Waals surface area contributed by atoms with E-state index >= 15 is 0 Å². The topological polar surface area (TPSA) is 50.9 Å². The highest BCUT2D eigenvalue weighted by Crippen LogP contribution is 2.10. The van der Waals surface area contributed by atoms with Gasteiger partial charge in [-0.1, -0.05) is 0 Å². The van der Waals surface area contributed by atoms with Crippen LogP contribution in [0.5, 0.6) is 0 Å². The molecule has 0 aliphatic carbocycles. The number of pyridine rings is 1. The molecule has 4 heteroatoms. The zero-order valence-electron chi connectivity index (χ0n) is 6.02. The molecule has 56 valence electrons. The van der Waals surface area contributed by atoms with Crippen LogP contribution in [0.3, 0.4) is 0 Å². The van der Waals surface area contributed by atoms with Gasteiger partial charge in [-0.25, -0.2) is 4.98 Å². The molecule has 11 heavy (non-hydrogen) atoms. The maximum atomic E-state index is 9.32. The Balaban J connectivity index is 2.92. The Hall–Kier alpha value is -1.58. The van der Waals surface area contributed by atoms with Crippen molar-refractivity contribution in [3.05, 3.63) is 24.3 Å². The van der Waals surface area contributed by atoms with Crippen LogP contribution in [0.15, 0.2) is 18.5 Å². The van der Waals surface area contributed by atoms with Crippen molar-refractivity contribution in [1.29, 1.82) is 0 Å². The van der Waals surface area contributed by atoms with E-state index in [9.17, 15) is 5.21 Å². The minimum Gasteiger partial charge on any atom is -0.427 e. The number of rotatable bonds is 0. The number of hydrogen-bond donors (Lipinski definition) is 1. The number of imidazole rings is 1. The van der Waals surface area contributed by atoms with Crippen molar-refractivity contribution in [3.8, 4) is 0 Å². The van der Waals surface area contributed by atoms with Crippen LogP contribution in [0, 0.1) is 6.92 Å². The van der Waals surface area contributed by atoms with Gasteiger partial charge in [0.05, 0.1) is 6.20 Å². The average molecular weight is 149 g/mol. The molecule has 0 fully saturated rings. The van der Waals surface area contributed by atoms with Crippen LogP contribution in [-0.2, 0) is 0 Å². The van der Waals surface area contributed by atoms with E-state index in [0.717, 1.165) is 4.73 Å². The lowest BCUT2D eigenvalue weighted by Crippen LogP contribution is -1.91. The first kappa shape index (κ1) is 6.15. The predicted molar refractivity (Wildman–Crippen MR) is 39.4 cm³/mol. The summed E-state index contributed by atoms with van der Waals surface area (Å²) >= 11 is 0. The first-order valence-corrected chi connectivity index (χ1v) is 3.27. The molecule has 0 radical (unpaired) electrons. The molecule has 0 spiro atoms. The van der Waals surface area contributed by atoms with Crippen molar-refractivity contribution in [1.82, 2.24) is 14.7 Å². The van der Waals surface area contributed by atoms with Crippen molar-refractivity contribution >= 4 is 11.0 Å². The van der Waals surface area contributed by atoms with Gasteiger partial charge in [-0.2, -0.15) is 4.73 Å². The summed E-state index contributed by atoms with van der Waals surface area (Å²) in [5.74, 6) is 0.577. The van der Waals surface area contributed by atoms with E-state index in [1.165, 1.54) is 0 Å². The second-order valence-electron chi connectivity index (χ2n) is 2.34. The molecule has 0 bridgehead atoms. The number of fused-ring (bicyclic) bond motifs is 1. The van der Waals surface area contributed by atoms with E-state index in [4.69, 9.17) is 0 Å². The molecule has 2 aromatic heterocycles. The van der Waals surface area contributed by atoms with E-state index in [2.05, 4.69) is 9.97 Å². The van der Waals surface area contributed by atoms with Gasteiger partial charge < -0.3 is 5.21 Å². The molecule has 0 aliphatic rings. The molecular formula is C7H7N3O. The Labute approximate surface area is 63.1 Å². The molecule has 4 nitrogen and oxygen atoms in total. The van der Waals surface area contributed by atoms with Crippen molar-refractivity contribution < 1.29 is 5.21 Å². The first-order valence-electron chi connectivity index (χ1n) is 3.27. The Morgan fingerprint density at radius 2 is 2.36 bits per heavy atom. The second kappa shape index (κ2) is 1.95. The van der Waals surface area contributed by atoms with Crippen LogP contribution in [0.1, 0.15) is 5.82 Å². The van der Waals surface area contributed by atoms with Gasteiger partial charge >= 0.3 is 0 Å². The summed E-state index contributed by atoms with van der Waals surface area (Å²) in [6.45, 7) is 1.74. The van der Waals surface area contributed by atoms with Crippen molar-refractivity contribution in [2.75, 3.05) is 0 Å². The molecule has 2 rings (SSSR count). The lowest BCUT2D eigenvalue weighted by molar-refractivity contribution is 0.191. The summed E-state index contributed by atoms with van der Waals surface area (Å²) in [4.78, 5) is 7.94. The van der Waals surface area contributed by atoms with E-state index in [0.29, 0.717) is 16.9 Å². The highest BCUT2D eigenvalue weighted by molar-refractivity contribution is 5.73. The van der Waals surface area contributed by atoms with E-state index in [-0.39, 0.29) is 0 Å². The Morgan fingerprint density at radius 3 is 3.09 bits per heavy atom. The molecule has 2 aromatic rings. The zero-order chi connectivity index (χ0) is 7.84. The Kier molecular flexibility index (Phi) is 1.09. The molecule has 2 heterocycles. The van der Waals surface area contributed by atoms with Crippen LogP contribution in [0.4, 0.5) is 0 Å². The summed E-state index contributed by atoms with van der Waals surface area (Å²) < 4.78 is 1.05. The zero-order valence-corrected chi connectivity index (χ0v) is 6.02. The summed E-state index contributed by atoms with van der Waals surface area (Å²) in [5.41, 5.74) is 1.41. The average Bonchev–Trinajstić information content (AvgIpc) is 2.30. The summed E-state index contributed by atoms with van der Waals surface area (Å²) in [6.07, 6.45) is 3.24. The van der Waals surface area contributed by atoms with Crippen molar-refractivity contribution in [2.45, 2.75) is 6.92 Å². The molecule has 0 saturated heterocycles. The number of aromatic nitrogens is 3. The molecule has 0 unspecified atom stereocenters. The van der Waals surface area contributed by atoms with Crippen LogP contribution in [-0.4, -0.2) is 19.9 Å². The number of aryl methyl sites for hydroxylation is 1. The number of hydrogen-bond acceptors (Lipinski definition) is 3. The fourth-order valence-corrected chi connectivity index (χ4v) is 1.04. The first-order chi connectivity index (χ1) is 5.29. The van der Waals surface area contributed by atoms with Gasteiger partial charge in [-0.05, 0) is 13.0 Å². The monoisotopic (exact) mass is 149 g/mol. The SMILES string of the molecule is Cc1nc2cnccc2n1O. The third-order valence-corrected chi connectivity index (χ3v) is 1.59. The highest BCUT2D eigenvalue weighted by atomic mass is 16.5. The van der Waals surface area contributed by atoms with E-state index in [1.54, 1.807) is 25.4 Å². The molecule has 0 aromatic carbocycles. The highest BCUT2D eigenvalue weighted by Gasteiger charge is 2.03. The fourth-order valence-electron chi connectivity index (χ4n) is 1.04. The quantitative estimate of drug-likeness (QED) is 0.568. The molecule has 0 atom stereocenters. The van der Waals surface area contributed by atoms with Crippen LogP contribution >= 0.6 is 0 Å². The molecular weight excluding hydrogens is 142 g/mol. The summed E-state index contributed by atoms with van der Waals surface area (Å²) in [6, 6.07) is 1.72. The Bertz CT molecular complexity index is 393. The smallest absolute Gasteiger partial charge is 0.142 e. The minimum absolute atomic E-state index is 0.577. The van der Waals surface area contributed by atoms with Gasteiger partial charge in [0.2, 0.25) is 0 Å². The Morgan fingerprint density at radius 1 is 1.55 bits per heavy atom. The standard InChI is InChI=1S/C7H7N3O/c1-5-9-6-4-8-3-2-7(6)10(5)11/h2-4,11H,1H3. The minimum atomic E-state index is 0.577. The van der Waals surface area contributed by atoms with Crippen LogP contribution < -0.4 is 0 Å². The normalized spacial score (nSPS) is 10.6. The van der Waals surface area contributed by atoms with Gasteiger partial charge in [0.25, 0.3) is 0 Å². The molecule has 0 aliphatic heterocycles. The van der Waals surface area contributed by atoms with Crippen LogP contribution in [0.2, 0.25) is 0 Å². The largest absolute Gasteiger partial charge is 0.427 e. The maximum absolute atomic E-state index is 9.32. The molecule has 1 N–H and O–H groups in total. The predicted octanol–water partition coefficient (Wildman–Crippen LogP) is 0.977.